The van der Waals surface area contributed by atoms with Crippen LogP contribution in [0.3, 0.4) is 0 Å². The van der Waals surface area contributed by atoms with Crippen LogP contribution in [0, 0.1) is 0 Å². The first-order valence-electron chi connectivity index (χ1n) is 8.10. The summed E-state index contributed by atoms with van der Waals surface area (Å²) in [7, 11) is 0. The molecule has 0 saturated heterocycles. The van der Waals surface area contributed by atoms with Gasteiger partial charge in [-0.1, -0.05) is 53.5 Å². The van der Waals surface area contributed by atoms with Crippen LogP contribution >= 0.6 is 23.2 Å². The van der Waals surface area contributed by atoms with Crippen LogP contribution in [0.15, 0.2) is 48.5 Å². The van der Waals surface area contributed by atoms with E-state index in [1.54, 1.807) is 26.0 Å². The topological polar surface area (TPSA) is 67.4 Å². The van der Waals surface area contributed by atoms with Gasteiger partial charge in [0, 0.05) is 11.6 Å². The van der Waals surface area contributed by atoms with E-state index in [4.69, 9.17) is 27.9 Å². The minimum atomic E-state index is -0.821. The number of benzene rings is 2. The van der Waals surface area contributed by atoms with Crippen LogP contribution in [-0.2, 0) is 16.1 Å². The Balaban J connectivity index is 1.84. The van der Waals surface area contributed by atoms with Gasteiger partial charge in [0.15, 0.2) is 6.10 Å². The Labute approximate surface area is 162 Å². The lowest BCUT2D eigenvalue weighted by molar-refractivity contribution is -0.132. The summed E-state index contributed by atoms with van der Waals surface area (Å²) >= 11 is 11.9. The van der Waals surface area contributed by atoms with E-state index < -0.39 is 18.1 Å². The van der Waals surface area contributed by atoms with Gasteiger partial charge in [-0.2, -0.15) is 0 Å². The van der Waals surface area contributed by atoms with Crippen molar-refractivity contribution in [3.8, 4) is 5.75 Å². The van der Waals surface area contributed by atoms with Crippen molar-refractivity contribution in [2.75, 3.05) is 0 Å². The molecule has 2 amide bonds. The van der Waals surface area contributed by atoms with Crippen LogP contribution in [0.2, 0.25) is 10.0 Å². The van der Waals surface area contributed by atoms with Gasteiger partial charge in [-0.3, -0.25) is 9.59 Å². The van der Waals surface area contributed by atoms with Gasteiger partial charge in [-0.25, -0.2) is 0 Å². The number of nitrogens with one attached hydrogen (secondary N) is 2. The van der Waals surface area contributed by atoms with E-state index in [1.165, 1.54) is 6.07 Å². The Kier molecular flexibility index (Phi) is 7.30. The van der Waals surface area contributed by atoms with Gasteiger partial charge in [-0.15, -0.1) is 0 Å². The van der Waals surface area contributed by atoms with E-state index in [0.29, 0.717) is 22.3 Å². The third-order valence-electron chi connectivity index (χ3n) is 3.63. The predicted octanol–water partition coefficient (Wildman–Crippen LogP) is 3.58. The van der Waals surface area contributed by atoms with E-state index in [0.717, 1.165) is 5.56 Å². The predicted molar refractivity (Wildman–Crippen MR) is 102 cm³/mol. The summed E-state index contributed by atoms with van der Waals surface area (Å²) in [5.74, 6) is -0.350. The minimum Gasteiger partial charge on any atom is -0.479 e. The molecule has 0 aliphatic rings. The van der Waals surface area contributed by atoms with Gasteiger partial charge in [0.2, 0.25) is 5.91 Å². The van der Waals surface area contributed by atoms with Crippen molar-refractivity contribution in [1.29, 1.82) is 0 Å². The molecule has 0 fully saturated rings. The maximum absolute atomic E-state index is 12.2. The normalized spacial score (nSPS) is 12.8. The molecular weight excluding hydrogens is 375 g/mol. The number of hydrogen-bond acceptors (Lipinski definition) is 3. The third kappa shape index (κ3) is 5.93. The maximum atomic E-state index is 12.2. The van der Waals surface area contributed by atoms with Gasteiger partial charge in [0.05, 0.1) is 5.02 Å². The van der Waals surface area contributed by atoms with Crippen molar-refractivity contribution < 1.29 is 14.3 Å². The molecule has 0 aliphatic heterocycles. The number of carbonyl (C=O) groups excluding carboxylic acids is 2. The standard InChI is InChI=1S/C19H20Cl2N2O3/c1-12(18(24)22-11-14-6-4-3-5-7-14)23-19(25)13(2)26-17-9-8-15(20)10-16(17)21/h3-10,12-13H,11H2,1-2H3,(H,22,24)(H,23,25). The van der Waals surface area contributed by atoms with Crippen LogP contribution in [-0.4, -0.2) is 24.0 Å². The van der Waals surface area contributed by atoms with Crippen LogP contribution < -0.4 is 15.4 Å². The summed E-state index contributed by atoms with van der Waals surface area (Å²) < 4.78 is 5.54. The van der Waals surface area contributed by atoms with Crippen LogP contribution in [0.4, 0.5) is 0 Å². The van der Waals surface area contributed by atoms with Gasteiger partial charge in [0.25, 0.3) is 5.91 Å². The van der Waals surface area contributed by atoms with E-state index >= 15 is 0 Å². The Morgan fingerprint density at radius 2 is 1.73 bits per heavy atom. The highest BCUT2D eigenvalue weighted by molar-refractivity contribution is 6.35. The molecule has 0 radical (unpaired) electrons. The fourth-order valence-electron chi connectivity index (χ4n) is 2.15. The maximum Gasteiger partial charge on any atom is 0.261 e. The molecule has 7 heteroatoms. The molecular formula is C19H20Cl2N2O3. The number of ether oxygens (including phenoxy) is 1. The van der Waals surface area contributed by atoms with Gasteiger partial charge in [0.1, 0.15) is 11.8 Å². The lowest BCUT2D eigenvalue weighted by Crippen LogP contribution is -2.48. The first kappa shape index (κ1) is 20.1. The van der Waals surface area contributed by atoms with Gasteiger partial charge < -0.3 is 15.4 Å². The van der Waals surface area contributed by atoms with Crippen molar-refractivity contribution in [3.05, 3.63) is 64.1 Å². The summed E-state index contributed by atoms with van der Waals surface area (Å²) in [5, 5.41) is 6.19. The summed E-state index contributed by atoms with van der Waals surface area (Å²) in [5.41, 5.74) is 0.980. The van der Waals surface area contributed by atoms with E-state index in [-0.39, 0.29) is 5.91 Å². The minimum absolute atomic E-state index is 0.279. The molecule has 0 aliphatic carbocycles. The summed E-state index contributed by atoms with van der Waals surface area (Å²) in [4.78, 5) is 24.4. The highest BCUT2D eigenvalue weighted by Crippen LogP contribution is 2.28. The van der Waals surface area contributed by atoms with E-state index in [2.05, 4.69) is 10.6 Å². The van der Waals surface area contributed by atoms with Crippen LogP contribution in [0.25, 0.3) is 0 Å². The Bertz CT molecular complexity index is 769. The highest BCUT2D eigenvalue weighted by atomic mass is 35.5. The largest absolute Gasteiger partial charge is 0.479 e. The van der Waals surface area contributed by atoms with Crippen LogP contribution in [0.1, 0.15) is 19.4 Å². The molecule has 2 unspecified atom stereocenters. The second-order valence-corrected chi connectivity index (χ2v) is 6.61. The highest BCUT2D eigenvalue weighted by Gasteiger charge is 2.21. The monoisotopic (exact) mass is 394 g/mol. The lowest BCUT2D eigenvalue weighted by Gasteiger charge is -2.19. The van der Waals surface area contributed by atoms with Crippen molar-refractivity contribution in [2.24, 2.45) is 0 Å². The summed E-state index contributed by atoms with van der Waals surface area (Å²) in [6, 6.07) is 13.6. The molecule has 26 heavy (non-hydrogen) atoms. The van der Waals surface area contributed by atoms with Crippen molar-refractivity contribution in [2.45, 2.75) is 32.5 Å². The molecule has 2 aromatic carbocycles. The third-order valence-corrected chi connectivity index (χ3v) is 4.16. The molecule has 0 bridgehead atoms. The first-order valence-corrected chi connectivity index (χ1v) is 8.86. The van der Waals surface area contributed by atoms with Crippen molar-refractivity contribution in [3.63, 3.8) is 0 Å². The Hall–Kier alpha value is -2.24. The van der Waals surface area contributed by atoms with E-state index in [1.807, 2.05) is 30.3 Å². The molecule has 2 aromatic rings. The number of hydrogen-bond donors (Lipinski definition) is 2. The molecule has 138 valence electrons. The van der Waals surface area contributed by atoms with E-state index in [9.17, 15) is 9.59 Å². The molecule has 0 spiro atoms. The number of amides is 2. The number of rotatable bonds is 7. The fraction of sp³-hybridized carbons (Fsp3) is 0.263. The first-order chi connectivity index (χ1) is 12.4. The molecule has 2 N–H and O–H groups in total. The Morgan fingerprint density at radius 3 is 2.38 bits per heavy atom. The van der Waals surface area contributed by atoms with Crippen LogP contribution in [0.5, 0.6) is 5.75 Å². The van der Waals surface area contributed by atoms with Crippen molar-refractivity contribution >= 4 is 35.0 Å². The average Bonchev–Trinajstić information content (AvgIpc) is 2.62. The van der Waals surface area contributed by atoms with Gasteiger partial charge >= 0.3 is 0 Å². The average molecular weight is 395 g/mol. The molecule has 2 atom stereocenters. The second-order valence-electron chi connectivity index (χ2n) is 5.77. The molecule has 5 nitrogen and oxygen atoms in total. The zero-order chi connectivity index (χ0) is 19.1. The molecule has 0 aromatic heterocycles. The quantitative estimate of drug-likeness (QED) is 0.753. The molecule has 2 rings (SSSR count). The molecule has 0 saturated carbocycles. The fourth-order valence-corrected chi connectivity index (χ4v) is 2.60. The summed E-state index contributed by atoms with van der Waals surface area (Å²) in [6.07, 6.45) is -0.821. The van der Waals surface area contributed by atoms with Gasteiger partial charge in [-0.05, 0) is 37.6 Å². The second kappa shape index (κ2) is 9.46. The van der Waals surface area contributed by atoms with Crippen molar-refractivity contribution in [1.82, 2.24) is 10.6 Å². The number of halogens is 2. The zero-order valence-corrected chi connectivity index (χ0v) is 16.0. The summed E-state index contributed by atoms with van der Waals surface area (Å²) in [6.45, 7) is 3.58. The SMILES string of the molecule is CC(NC(=O)C(C)Oc1ccc(Cl)cc1Cl)C(=O)NCc1ccccc1. The lowest BCUT2D eigenvalue weighted by atomic mass is 10.2. The number of carbonyl (C=O) groups is 2. The zero-order valence-electron chi connectivity index (χ0n) is 14.5. The smallest absolute Gasteiger partial charge is 0.261 e. The molecule has 0 heterocycles. The Morgan fingerprint density at radius 1 is 1.04 bits per heavy atom.